The minimum atomic E-state index is -0.626. The second-order valence-corrected chi connectivity index (χ2v) is 3.16. The minimum Gasteiger partial charge on any atom is -0.463 e. The van der Waals surface area contributed by atoms with Crippen molar-refractivity contribution >= 4 is 5.97 Å². The van der Waals surface area contributed by atoms with Crippen molar-refractivity contribution in [3.63, 3.8) is 0 Å². The van der Waals surface area contributed by atoms with Gasteiger partial charge in [-0.25, -0.2) is 14.5 Å². The van der Waals surface area contributed by atoms with Crippen LogP contribution in [0.1, 0.15) is 24.5 Å². The molecule has 0 aliphatic rings. The van der Waals surface area contributed by atoms with Crippen molar-refractivity contribution in [3.8, 4) is 0 Å². The first-order valence-electron chi connectivity index (χ1n) is 4.07. The number of methoxy groups -OCH3 is 2. The molecule has 0 saturated carbocycles. The van der Waals surface area contributed by atoms with Crippen molar-refractivity contribution in [2.45, 2.75) is 19.6 Å². The molecule has 0 bridgehead atoms. The number of hydrogen-bond donors (Lipinski definition) is 0. The predicted molar refractivity (Wildman–Crippen MR) is 47.7 cm³/mol. The molecule has 1 aromatic rings. The van der Waals surface area contributed by atoms with Crippen LogP contribution in [0, 0.1) is 0 Å². The van der Waals surface area contributed by atoms with Gasteiger partial charge in [-0.2, -0.15) is 0 Å². The van der Waals surface area contributed by atoms with Crippen molar-refractivity contribution in [2.24, 2.45) is 0 Å². The standard InChI is InChI=1S/C8H13N3O3/c1-8(2,14-4)11-5-9-6(10-11)7(12)13-3/h5H,1-4H3. The Bertz CT molecular complexity index is 332. The first kappa shape index (κ1) is 10.6. The fourth-order valence-corrected chi connectivity index (χ4v) is 0.801. The normalized spacial score (nSPS) is 11.4. The maximum Gasteiger partial charge on any atom is 0.377 e. The summed E-state index contributed by atoms with van der Waals surface area (Å²) in [4.78, 5) is 14.8. The van der Waals surface area contributed by atoms with Gasteiger partial charge in [0.25, 0.3) is 5.82 Å². The van der Waals surface area contributed by atoms with Crippen molar-refractivity contribution in [2.75, 3.05) is 14.2 Å². The summed E-state index contributed by atoms with van der Waals surface area (Å²) in [5.41, 5.74) is -0.626. The summed E-state index contributed by atoms with van der Waals surface area (Å²) in [6.45, 7) is 3.62. The molecule has 0 saturated heterocycles. The van der Waals surface area contributed by atoms with Gasteiger partial charge < -0.3 is 9.47 Å². The lowest BCUT2D eigenvalue weighted by atomic mass is 10.3. The molecule has 1 heterocycles. The molecule has 6 heteroatoms. The Kier molecular flexibility index (Phi) is 2.85. The highest BCUT2D eigenvalue weighted by molar-refractivity contribution is 5.84. The second-order valence-electron chi connectivity index (χ2n) is 3.16. The summed E-state index contributed by atoms with van der Waals surface area (Å²) in [6.07, 6.45) is 1.43. The summed E-state index contributed by atoms with van der Waals surface area (Å²) < 4.78 is 11.1. The summed E-state index contributed by atoms with van der Waals surface area (Å²) in [5, 5.41) is 3.93. The van der Waals surface area contributed by atoms with Gasteiger partial charge in [-0.15, -0.1) is 5.10 Å². The van der Waals surface area contributed by atoms with E-state index in [4.69, 9.17) is 4.74 Å². The number of ether oxygens (including phenoxy) is 2. The molecule has 0 N–H and O–H groups in total. The molecule has 0 unspecified atom stereocenters. The molecular formula is C8H13N3O3. The quantitative estimate of drug-likeness (QED) is 0.659. The van der Waals surface area contributed by atoms with Gasteiger partial charge in [0.15, 0.2) is 5.72 Å². The van der Waals surface area contributed by atoms with E-state index in [9.17, 15) is 4.79 Å². The van der Waals surface area contributed by atoms with E-state index >= 15 is 0 Å². The Morgan fingerprint density at radius 1 is 1.50 bits per heavy atom. The maximum absolute atomic E-state index is 11.0. The average molecular weight is 199 g/mol. The molecule has 6 nitrogen and oxygen atoms in total. The molecule has 0 aliphatic carbocycles. The monoisotopic (exact) mass is 199 g/mol. The van der Waals surface area contributed by atoms with Crippen LogP contribution in [0.4, 0.5) is 0 Å². The molecule has 1 aromatic heterocycles. The minimum absolute atomic E-state index is 0.0256. The van der Waals surface area contributed by atoms with Gasteiger partial charge >= 0.3 is 5.97 Å². The van der Waals surface area contributed by atoms with Crippen molar-refractivity contribution in [3.05, 3.63) is 12.2 Å². The first-order valence-corrected chi connectivity index (χ1v) is 4.07. The molecule has 0 aromatic carbocycles. The van der Waals surface area contributed by atoms with E-state index in [1.165, 1.54) is 18.1 Å². The van der Waals surface area contributed by atoms with E-state index in [1.54, 1.807) is 7.11 Å². The Hall–Kier alpha value is -1.43. The van der Waals surface area contributed by atoms with E-state index in [0.29, 0.717) is 0 Å². The lowest BCUT2D eigenvalue weighted by Crippen LogP contribution is -2.29. The molecule has 78 valence electrons. The van der Waals surface area contributed by atoms with Crippen LogP contribution in [-0.2, 0) is 15.2 Å². The zero-order valence-corrected chi connectivity index (χ0v) is 8.64. The summed E-state index contributed by atoms with van der Waals surface area (Å²) >= 11 is 0. The number of nitrogens with zero attached hydrogens (tertiary/aromatic N) is 3. The van der Waals surface area contributed by atoms with Crippen LogP contribution in [0.25, 0.3) is 0 Å². The number of aromatic nitrogens is 3. The third-order valence-corrected chi connectivity index (χ3v) is 1.91. The van der Waals surface area contributed by atoms with E-state index in [-0.39, 0.29) is 5.82 Å². The van der Waals surface area contributed by atoms with Gasteiger partial charge in [0, 0.05) is 7.11 Å². The average Bonchev–Trinajstić information content (AvgIpc) is 2.66. The van der Waals surface area contributed by atoms with Gasteiger partial charge in [-0.3, -0.25) is 0 Å². The summed E-state index contributed by atoms with van der Waals surface area (Å²) in [6, 6.07) is 0. The number of rotatable bonds is 3. The fourth-order valence-electron chi connectivity index (χ4n) is 0.801. The topological polar surface area (TPSA) is 66.2 Å². The predicted octanol–water partition coefficient (Wildman–Crippen LogP) is 0.404. The number of esters is 1. The molecule has 1 rings (SSSR count). The van der Waals surface area contributed by atoms with Crippen LogP contribution in [0.5, 0.6) is 0 Å². The molecular weight excluding hydrogens is 186 g/mol. The number of carbonyl (C=O) groups excluding carboxylic acids is 1. The molecule has 0 radical (unpaired) electrons. The van der Waals surface area contributed by atoms with Crippen LogP contribution < -0.4 is 0 Å². The molecule has 0 aliphatic heterocycles. The third kappa shape index (κ3) is 1.90. The van der Waals surface area contributed by atoms with Gasteiger partial charge in [-0.1, -0.05) is 0 Å². The third-order valence-electron chi connectivity index (χ3n) is 1.91. The highest BCUT2D eigenvalue weighted by Crippen LogP contribution is 2.13. The lowest BCUT2D eigenvalue weighted by Gasteiger charge is -2.22. The van der Waals surface area contributed by atoms with E-state index in [1.807, 2.05) is 13.8 Å². The first-order chi connectivity index (χ1) is 6.51. The van der Waals surface area contributed by atoms with Crippen LogP contribution in [0.15, 0.2) is 6.33 Å². The Morgan fingerprint density at radius 2 is 2.14 bits per heavy atom. The second kappa shape index (κ2) is 3.75. The summed E-state index contributed by atoms with van der Waals surface area (Å²) in [7, 11) is 2.84. The molecule has 0 atom stereocenters. The van der Waals surface area contributed by atoms with Crippen LogP contribution in [0.3, 0.4) is 0 Å². The van der Waals surface area contributed by atoms with E-state index < -0.39 is 11.7 Å². The van der Waals surface area contributed by atoms with Crippen LogP contribution in [-0.4, -0.2) is 35.0 Å². The zero-order valence-electron chi connectivity index (χ0n) is 8.64. The maximum atomic E-state index is 11.0. The van der Waals surface area contributed by atoms with Crippen LogP contribution in [0.2, 0.25) is 0 Å². The summed E-state index contributed by atoms with van der Waals surface area (Å²) in [5.74, 6) is -0.534. The fraction of sp³-hybridized carbons (Fsp3) is 0.625. The molecule has 0 fully saturated rings. The molecule has 0 amide bonds. The Balaban J connectivity index is 2.93. The van der Waals surface area contributed by atoms with Crippen LogP contribution >= 0.6 is 0 Å². The van der Waals surface area contributed by atoms with Gasteiger partial charge in [0.05, 0.1) is 7.11 Å². The van der Waals surface area contributed by atoms with Crippen molar-refractivity contribution in [1.29, 1.82) is 0 Å². The van der Waals surface area contributed by atoms with Gasteiger partial charge in [-0.05, 0) is 13.8 Å². The number of hydrogen-bond acceptors (Lipinski definition) is 5. The number of carbonyl (C=O) groups is 1. The Labute approximate surface area is 81.8 Å². The lowest BCUT2D eigenvalue weighted by molar-refractivity contribution is -0.0553. The largest absolute Gasteiger partial charge is 0.463 e. The molecule has 0 spiro atoms. The van der Waals surface area contributed by atoms with E-state index in [0.717, 1.165) is 0 Å². The zero-order chi connectivity index (χ0) is 10.8. The SMILES string of the molecule is COC(=O)c1ncn(C(C)(C)OC)n1. The molecule has 14 heavy (non-hydrogen) atoms. The Morgan fingerprint density at radius 3 is 2.64 bits per heavy atom. The van der Waals surface area contributed by atoms with Gasteiger partial charge in [0.2, 0.25) is 0 Å². The highest BCUT2D eigenvalue weighted by Gasteiger charge is 2.22. The van der Waals surface area contributed by atoms with E-state index in [2.05, 4.69) is 14.8 Å². The highest BCUT2D eigenvalue weighted by atomic mass is 16.5. The van der Waals surface area contributed by atoms with Crippen molar-refractivity contribution < 1.29 is 14.3 Å². The van der Waals surface area contributed by atoms with Gasteiger partial charge in [0.1, 0.15) is 6.33 Å². The van der Waals surface area contributed by atoms with Crippen molar-refractivity contribution in [1.82, 2.24) is 14.8 Å². The smallest absolute Gasteiger partial charge is 0.377 e.